The Kier molecular flexibility index (Phi) is 7.94. The van der Waals surface area contributed by atoms with Crippen molar-refractivity contribution in [1.82, 2.24) is 10.2 Å². The zero-order chi connectivity index (χ0) is 20.5. The number of piperidine rings is 1. The molecule has 0 bridgehead atoms. The molecule has 0 radical (unpaired) electrons. The smallest absolute Gasteiger partial charge is 0.261 e. The summed E-state index contributed by atoms with van der Waals surface area (Å²) in [5.74, 6) is 1.11. The van der Waals surface area contributed by atoms with Crippen molar-refractivity contribution in [2.24, 2.45) is 0 Å². The number of carbonyl (C=O) groups is 1. The number of nitrogens with one attached hydrogen (secondary N) is 1. The largest absolute Gasteiger partial charge is 0.493 e. The Balaban J connectivity index is 1.60. The van der Waals surface area contributed by atoms with Gasteiger partial charge in [-0.1, -0.05) is 49.7 Å². The first-order valence-corrected chi connectivity index (χ1v) is 10.6. The summed E-state index contributed by atoms with van der Waals surface area (Å²) in [5, 5.41) is 3.06. The number of methoxy groups -OCH3 is 1. The van der Waals surface area contributed by atoms with Crippen LogP contribution >= 0.6 is 0 Å². The zero-order valence-corrected chi connectivity index (χ0v) is 17.5. The van der Waals surface area contributed by atoms with Crippen LogP contribution in [0.2, 0.25) is 0 Å². The van der Waals surface area contributed by atoms with Gasteiger partial charge in [0.15, 0.2) is 17.6 Å². The molecule has 1 saturated heterocycles. The summed E-state index contributed by atoms with van der Waals surface area (Å²) in [4.78, 5) is 15.3. The van der Waals surface area contributed by atoms with E-state index >= 15 is 0 Å². The molecule has 1 aliphatic rings. The van der Waals surface area contributed by atoms with E-state index < -0.39 is 6.10 Å². The van der Waals surface area contributed by atoms with Gasteiger partial charge in [-0.15, -0.1) is 0 Å². The van der Waals surface area contributed by atoms with Crippen molar-refractivity contribution in [3.63, 3.8) is 0 Å². The predicted molar refractivity (Wildman–Crippen MR) is 115 cm³/mol. The van der Waals surface area contributed by atoms with Gasteiger partial charge in [-0.25, -0.2) is 0 Å². The normalized spacial score (nSPS) is 15.5. The number of nitrogens with zero attached hydrogens (tertiary/aromatic N) is 1. The van der Waals surface area contributed by atoms with Crippen molar-refractivity contribution < 1.29 is 14.3 Å². The number of ether oxygens (including phenoxy) is 2. The number of hydrogen-bond acceptors (Lipinski definition) is 4. The van der Waals surface area contributed by atoms with E-state index in [1.807, 2.05) is 37.3 Å². The van der Waals surface area contributed by atoms with E-state index in [0.717, 1.165) is 19.6 Å². The molecule has 0 aromatic heterocycles. The Morgan fingerprint density at radius 3 is 2.34 bits per heavy atom. The van der Waals surface area contributed by atoms with Crippen LogP contribution in [0.1, 0.15) is 43.7 Å². The van der Waals surface area contributed by atoms with Crippen LogP contribution in [0.5, 0.6) is 11.5 Å². The fraction of sp³-hybridized carbons (Fsp3) is 0.458. The maximum Gasteiger partial charge on any atom is 0.261 e. The number of carbonyl (C=O) groups excluding carboxylic acids is 1. The van der Waals surface area contributed by atoms with Crippen LogP contribution in [0.3, 0.4) is 0 Å². The summed E-state index contributed by atoms with van der Waals surface area (Å²) >= 11 is 0. The highest BCUT2D eigenvalue weighted by Gasteiger charge is 2.20. The minimum atomic E-state index is -0.555. The Morgan fingerprint density at radius 2 is 1.66 bits per heavy atom. The van der Waals surface area contributed by atoms with Crippen molar-refractivity contribution in [3.8, 4) is 11.5 Å². The topological polar surface area (TPSA) is 50.8 Å². The molecule has 5 nitrogen and oxygen atoms in total. The Bertz CT molecular complexity index is 787. The van der Waals surface area contributed by atoms with Gasteiger partial charge in [0.05, 0.1) is 7.11 Å². The summed E-state index contributed by atoms with van der Waals surface area (Å²) in [6.07, 6.45) is 3.91. The lowest BCUT2D eigenvalue weighted by Crippen LogP contribution is -2.38. The fourth-order valence-corrected chi connectivity index (χ4v) is 3.73. The molecule has 1 heterocycles. The Hall–Kier alpha value is -2.53. The molecule has 3 rings (SSSR count). The summed E-state index contributed by atoms with van der Waals surface area (Å²) in [6.45, 7) is 5.72. The quantitative estimate of drug-likeness (QED) is 0.692. The standard InChI is InChI=1S/C24H32N2O3/c1-3-21(29-23-14-8-7-13-22(23)28-2)24(27)25-17-19-11-5-6-12-20(19)18-26-15-9-4-10-16-26/h5-8,11-14,21H,3-4,9-10,15-18H2,1-2H3,(H,25,27). The molecular weight excluding hydrogens is 364 g/mol. The van der Waals surface area contributed by atoms with E-state index in [9.17, 15) is 4.79 Å². The second-order valence-electron chi connectivity index (χ2n) is 7.49. The number of benzene rings is 2. The zero-order valence-electron chi connectivity index (χ0n) is 17.5. The molecule has 5 heteroatoms. The first-order valence-electron chi connectivity index (χ1n) is 10.6. The lowest BCUT2D eigenvalue weighted by atomic mass is 10.0. The first kappa shape index (κ1) is 21.2. The summed E-state index contributed by atoms with van der Waals surface area (Å²) in [7, 11) is 1.60. The molecule has 2 aromatic carbocycles. The van der Waals surface area contributed by atoms with Crippen molar-refractivity contribution in [2.75, 3.05) is 20.2 Å². The third kappa shape index (κ3) is 5.97. The highest BCUT2D eigenvalue weighted by atomic mass is 16.5. The van der Waals surface area contributed by atoms with Crippen LogP contribution in [0, 0.1) is 0 Å². The van der Waals surface area contributed by atoms with Crippen LogP contribution in [0.15, 0.2) is 48.5 Å². The minimum Gasteiger partial charge on any atom is -0.493 e. The van der Waals surface area contributed by atoms with Crippen molar-refractivity contribution in [2.45, 2.75) is 51.8 Å². The average molecular weight is 397 g/mol. The second kappa shape index (κ2) is 10.9. The third-order valence-corrected chi connectivity index (χ3v) is 5.42. The summed E-state index contributed by atoms with van der Waals surface area (Å²) in [5.41, 5.74) is 2.45. The summed E-state index contributed by atoms with van der Waals surface area (Å²) < 4.78 is 11.3. The van der Waals surface area contributed by atoms with Gasteiger partial charge in [0, 0.05) is 13.1 Å². The van der Waals surface area contributed by atoms with Crippen molar-refractivity contribution in [3.05, 3.63) is 59.7 Å². The van der Waals surface area contributed by atoms with E-state index in [1.165, 1.54) is 30.4 Å². The summed E-state index contributed by atoms with van der Waals surface area (Å²) in [6, 6.07) is 15.8. The molecule has 0 aliphatic carbocycles. The third-order valence-electron chi connectivity index (χ3n) is 5.42. The van der Waals surface area contributed by atoms with E-state index in [0.29, 0.717) is 24.5 Å². The van der Waals surface area contributed by atoms with Gasteiger partial charge in [-0.05, 0) is 55.6 Å². The van der Waals surface area contributed by atoms with Crippen molar-refractivity contribution in [1.29, 1.82) is 0 Å². The molecule has 2 aromatic rings. The molecule has 1 unspecified atom stereocenters. The lowest BCUT2D eigenvalue weighted by Gasteiger charge is -2.27. The van der Waals surface area contributed by atoms with Gasteiger partial charge >= 0.3 is 0 Å². The number of para-hydroxylation sites is 2. The van der Waals surface area contributed by atoms with Gasteiger partial charge in [0.1, 0.15) is 0 Å². The maximum absolute atomic E-state index is 12.8. The Morgan fingerprint density at radius 1 is 1.00 bits per heavy atom. The van der Waals surface area contributed by atoms with Gasteiger partial charge in [-0.2, -0.15) is 0 Å². The van der Waals surface area contributed by atoms with Crippen LogP contribution < -0.4 is 14.8 Å². The van der Waals surface area contributed by atoms with E-state index in [1.54, 1.807) is 7.11 Å². The van der Waals surface area contributed by atoms with Gasteiger partial charge in [0.2, 0.25) is 0 Å². The molecule has 1 aliphatic heterocycles. The molecular formula is C24H32N2O3. The molecule has 1 fully saturated rings. The fourth-order valence-electron chi connectivity index (χ4n) is 3.73. The van der Waals surface area contributed by atoms with Gasteiger partial charge in [0.25, 0.3) is 5.91 Å². The van der Waals surface area contributed by atoms with E-state index in [-0.39, 0.29) is 5.91 Å². The SMILES string of the molecule is CCC(Oc1ccccc1OC)C(=O)NCc1ccccc1CN1CCCCC1. The highest BCUT2D eigenvalue weighted by molar-refractivity contribution is 5.81. The monoisotopic (exact) mass is 396 g/mol. The molecule has 0 spiro atoms. The van der Waals surface area contributed by atoms with Gasteiger partial charge < -0.3 is 14.8 Å². The van der Waals surface area contributed by atoms with Crippen molar-refractivity contribution >= 4 is 5.91 Å². The maximum atomic E-state index is 12.8. The minimum absolute atomic E-state index is 0.105. The molecule has 1 N–H and O–H groups in total. The van der Waals surface area contributed by atoms with Crippen LogP contribution in [-0.4, -0.2) is 37.1 Å². The first-order chi connectivity index (χ1) is 14.2. The van der Waals surface area contributed by atoms with Crippen LogP contribution in [0.25, 0.3) is 0 Å². The molecule has 1 amide bonds. The van der Waals surface area contributed by atoms with Gasteiger partial charge in [-0.3, -0.25) is 9.69 Å². The molecule has 156 valence electrons. The Labute approximate surface area is 174 Å². The van der Waals surface area contributed by atoms with Crippen LogP contribution in [-0.2, 0) is 17.9 Å². The molecule has 29 heavy (non-hydrogen) atoms. The number of hydrogen-bond donors (Lipinski definition) is 1. The predicted octanol–water partition coefficient (Wildman–Crippen LogP) is 4.15. The van der Waals surface area contributed by atoms with E-state index in [4.69, 9.17) is 9.47 Å². The second-order valence-corrected chi connectivity index (χ2v) is 7.49. The lowest BCUT2D eigenvalue weighted by molar-refractivity contribution is -0.128. The number of likely N-dealkylation sites (tertiary alicyclic amines) is 1. The average Bonchev–Trinajstić information content (AvgIpc) is 2.77. The van der Waals surface area contributed by atoms with Crippen LogP contribution in [0.4, 0.5) is 0 Å². The molecule has 1 atom stereocenters. The number of amides is 1. The number of rotatable bonds is 9. The highest BCUT2D eigenvalue weighted by Crippen LogP contribution is 2.27. The van der Waals surface area contributed by atoms with E-state index in [2.05, 4.69) is 28.4 Å². The molecule has 0 saturated carbocycles.